The maximum absolute atomic E-state index is 13.7. The maximum Gasteiger partial charge on any atom is 0.222 e. The number of benzene rings is 2. The van der Waals surface area contributed by atoms with Gasteiger partial charge in [-0.1, -0.05) is 55.5 Å². The van der Waals surface area contributed by atoms with Crippen LogP contribution in [-0.2, 0) is 11.3 Å². The zero-order valence-electron chi connectivity index (χ0n) is 17.6. The molecule has 0 aromatic heterocycles. The van der Waals surface area contributed by atoms with Crippen molar-refractivity contribution in [3.05, 3.63) is 77.1 Å². The van der Waals surface area contributed by atoms with Crippen LogP contribution in [0.4, 0.5) is 4.39 Å². The van der Waals surface area contributed by atoms with Crippen LogP contribution in [0.5, 0.6) is 0 Å². The minimum absolute atomic E-state index is 0.0278. The van der Waals surface area contributed by atoms with E-state index < -0.39 is 0 Å². The summed E-state index contributed by atoms with van der Waals surface area (Å²) >= 11 is 0. The number of hydrogen-bond donors (Lipinski definition) is 1. The molecule has 30 heavy (non-hydrogen) atoms. The maximum atomic E-state index is 13.7. The molecule has 2 aliphatic heterocycles. The van der Waals surface area contributed by atoms with Crippen molar-refractivity contribution in [2.24, 2.45) is 0 Å². The summed E-state index contributed by atoms with van der Waals surface area (Å²) in [6, 6.07) is 15.0. The van der Waals surface area contributed by atoms with Crippen LogP contribution in [0.3, 0.4) is 0 Å². The summed E-state index contributed by atoms with van der Waals surface area (Å²) in [6.45, 7) is 5.76. The molecule has 0 aliphatic carbocycles. The van der Waals surface area contributed by atoms with Gasteiger partial charge in [0.05, 0.1) is 12.1 Å². The Hall–Kier alpha value is -2.50. The summed E-state index contributed by atoms with van der Waals surface area (Å²) in [6.07, 6.45) is 4.56. The van der Waals surface area contributed by atoms with E-state index in [2.05, 4.69) is 35.2 Å². The summed E-state index contributed by atoms with van der Waals surface area (Å²) in [4.78, 5) is 16.4. The lowest BCUT2D eigenvalue weighted by Crippen LogP contribution is -2.84. The van der Waals surface area contributed by atoms with Gasteiger partial charge in [0.2, 0.25) is 5.91 Å². The molecule has 1 spiro atoms. The lowest BCUT2D eigenvalue weighted by atomic mass is 9.60. The Morgan fingerprint density at radius 1 is 1.23 bits per heavy atom. The summed E-state index contributed by atoms with van der Waals surface area (Å²) in [5.41, 5.74) is 2.99. The van der Waals surface area contributed by atoms with Crippen LogP contribution >= 0.6 is 0 Å². The second-order valence-electron chi connectivity index (χ2n) is 8.36. The summed E-state index contributed by atoms with van der Waals surface area (Å²) in [7, 11) is 0. The van der Waals surface area contributed by atoms with Gasteiger partial charge in [0, 0.05) is 38.0 Å². The van der Waals surface area contributed by atoms with E-state index in [9.17, 15) is 14.3 Å². The van der Waals surface area contributed by atoms with Crippen LogP contribution in [0.2, 0.25) is 0 Å². The van der Waals surface area contributed by atoms with E-state index in [0.717, 1.165) is 11.1 Å². The highest BCUT2D eigenvalue weighted by Gasteiger charge is 2.66. The minimum Gasteiger partial charge on any atom is -0.395 e. The molecule has 2 fully saturated rings. The van der Waals surface area contributed by atoms with Crippen molar-refractivity contribution in [1.82, 2.24) is 9.80 Å². The third-order valence-corrected chi connectivity index (χ3v) is 6.60. The highest BCUT2D eigenvalue weighted by atomic mass is 19.1. The summed E-state index contributed by atoms with van der Waals surface area (Å²) < 4.78 is 13.7. The number of aliphatic hydroxyl groups excluding tert-OH is 1. The van der Waals surface area contributed by atoms with Crippen LogP contribution in [0, 0.1) is 5.82 Å². The van der Waals surface area contributed by atoms with E-state index in [0.29, 0.717) is 26.1 Å². The van der Waals surface area contributed by atoms with Crippen molar-refractivity contribution >= 4 is 12.0 Å². The Balaban J connectivity index is 1.64. The molecule has 5 heteroatoms. The third-order valence-electron chi connectivity index (χ3n) is 6.60. The predicted octanol–water partition coefficient (Wildman–Crippen LogP) is 3.81. The van der Waals surface area contributed by atoms with Gasteiger partial charge in [0.1, 0.15) is 5.82 Å². The lowest BCUT2D eigenvalue weighted by molar-refractivity contribution is -0.200. The van der Waals surface area contributed by atoms with Gasteiger partial charge in [-0.15, -0.1) is 0 Å². The molecule has 158 valence electrons. The first-order valence-corrected chi connectivity index (χ1v) is 10.6. The highest BCUT2D eigenvalue weighted by Crippen LogP contribution is 2.54. The number of aliphatic hydroxyl groups is 1. The number of amides is 1. The van der Waals surface area contributed by atoms with Crippen molar-refractivity contribution in [2.75, 3.05) is 19.7 Å². The van der Waals surface area contributed by atoms with E-state index in [1.165, 1.54) is 11.6 Å². The zero-order valence-corrected chi connectivity index (χ0v) is 17.6. The molecule has 2 aromatic carbocycles. The fourth-order valence-corrected chi connectivity index (χ4v) is 5.21. The number of hydrogen-bond acceptors (Lipinski definition) is 3. The van der Waals surface area contributed by atoms with Crippen molar-refractivity contribution in [3.8, 4) is 0 Å². The fourth-order valence-electron chi connectivity index (χ4n) is 5.21. The van der Waals surface area contributed by atoms with Gasteiger partial charge >= 0.3 is 0 Å². The molecule has 2 aliphatic rings. The van der Waals surface area contributed by atoms with E-state index in [-0.39, 0.29) is 35.8 Å². The van der Waals surface area contributed by atoms with E-state index >= 15 is 0 Å². The number of rotatable bonds is 6. The van der Waals surface area contributed by atoms with Gasteiger partial charge in [-0.25, -0.2) is 4.39 Å². The average molecular weight is 409 g/mol. The smallest absolute Gasteiger partial charge is 0.222 e. The van der Waals surface area contributed by atoms with E-state index in [1.807, 2.05) is 30.9 Å². The Bertz CT molecular complexity index is 934. The molecule has 2 saturated heterocycles. The van der Waals surface area contributed by atoms with Crippen molar-refractivity contribution < 1.29 is 14.3 Å². The molecule has 4 nitrogen and oxygen atoms in total. The monoisotopic (exact) mass is 408 g/mol. The average Bonchev–Trinajstić information content (AvgIpc) is 2.71. The SMILES string of the molecule is CC=Cc1ccc([C@H]2[C@@H](CO)N(Cc3cccc(F)c3)C23CN(C(=O)CC)C3)cc1. The largest absolute Gasteiger partial charge is 0.395 e. The van der Waals surface area contributed by atoms with Gasteiger partial charge in [-0.2, -0.15) is 0 Å². The Kier molecular flexibility index (Phi) is 5.76. The topological polar surface area (TPSA) is 43.8 Å². The molecule has 1 N–H and O–H groups in total. The third kappa shape index (κ3) is 3.46. The van der Waals surface area contributed by atoms with Gasteiger partial charge in [-0.05, 0) is 35.7 Å². The molecule has 0 unspecified atom stereocenters. The normalized spacial score (nSPS) is 22.9. The number of carbonyl (C=O) groups is 1. The van der Waals surface area contributed by atoms with Gasteiger partial charge in [-0.3, -0.25) is 9.69 Å². The molecule has 2 heterocycles. The van der Waals surface area contributed by atoms with Crippen molar-refractivity contribution in [1.29, 1.82) is 0 Å². The quantitative estimate of drug-likeness (QED) is 0.791. The van der Waals surface area contributed by atoms with Gasteiger partial charge in [0.15, 0.2) is 0 Å². The predicted molar refractivity (Wildman–Crippen MR) is 116 cm³/mol. The van der Waals surface area contributed by atoms with Crippen LogP contribution in [0.15, 0.2) is 54.6 Å². The molecule has 2 aromatic rings. The second kappa shape index (κ2) is 8.32. The number of allylic oxidation sites excluding steroid dienone is 1. The second-order valence-corrected chi connectivity index (χ2v) is 8.36. The Morgan fingerprint density at radius 2 is 1.97 bits per heavy atom. The van der Waals surface area contributed by atoms with E-state index in [1.54, 1.807) is 12.1 Å². The minimum atomic E-state index is -0.255. The molecule has 4 rings (SSSR count). The first kappa shape index (κ1) is 20.8. The molecule has 2 atom stereocenters. The number of carbonyl (C=O) groups excluding carboxylic acids is 1. The zero-order chi connectivity index (χ0) is 21.3. The van der Waals surface area contributed by atoms with Crippen LogP contribution in [-0.4, -0.2) is 52.1 Å². The Labute approximate surface area is 177 Å². The standard InChI is InChI=1S/C25H29FN2O2/c1-3-6-18-9-11-20(12-10-18)24-22(15-29)28(14-19-7-5-8-21(26)13-19)25(24)16-27(17-25)23(30)4-2/h3,5-13,22,24,29H,4,14-17H2,1-2H3/t22-,24+/m1/s1. The Morgan fingerprint density at radius 3 is 2.57 bits per heavy atom. The van der Waals surface area contributed by atoms with Crippen LogP contribution in [0.1, 0.15) is 42.9 Å². The van der Waals surface area contributed by atoms with E-state index in [4.69, 9.17) is 0 Å². The van der Waals surface area contributed by atoms with Crippen molar-refractivity contribution in [2.45, 2.75) is 44.3 Å². The molecule has 0 saturated carbocycles. The van der Waals surface area contributed by atoms with Gasteiger partial charge in [0.25, 0.3) is 0 Å². The van der Waals surface area contributed by atoms with Crippen molar-refractivity contribution in [3.63, 3.8) is 0 Å². The summed E-state index contributed by atoms with van der Waals surface area (Å²) in [5.74, 6) is 0.0349. The lowest BCUT2D eigenvalue weighted by Gasteiger charge is -2.71. The van der Waals surface area contributed by atoms with Gasteiger partial charge < -0.3 is 10.0 Å². The van der Waals surface area contributed by atoms with Crippen LogP contribution in [0.25, 0.3) is 6.08 Å². The number of halogens is 1. The summed E-state index contributed by atoms with van der Waals surface area (Å²) in [5, 5.41) is 10.2. The first-order chi connectivity index (χ1) is 14.5. The fraction of sp³-hybridized carbons (Fsp3) is 0.400. The first-order valence-electron chi connectivity index (χ1n) is 10.6. The molecule has 0 radical (unpaired) electrons. The molecular weight excluding hydrogens is 379 g/mol. The number of nitrogens with zero attached hydrogens (tertiary/aromatic N) is 2. The molecular formula is C25H29FN2O2. The molecule has 1 amide bonds. The van der Waals surface area contributed by atoms with Crippen LogP contribution < -0.4 is 0 Å². The number of likely N-dealkylation sites (tertiary alicyclic amines) is 2. The molecule has 0 bridgehead atoms. The highest BCUT2D eigenvalue weighted by molar-refractivity contribution is 5.77.